The number of anilines is 1. The Hall–Kier alpha value is -5.71. The van der Waals surface area contributed by atoms with Crippen molar-refractivity contribution in [3.05, 3.63) is 155 Å². The molecular weight excluding hydrogens is 681 g/mol. The number of amides is 3. The summed E-state index contributed by atoms with van der Waals surface area (Å²) in [5.74, 6) is 0.527. The summed E-state index contributed by atoms with van der Waals surface area (Å²) in [6.07, 6.45) is 1.77. The Morgan fingerprint density at radius 2 is 1.22 bits per heavy atom. The van der Waals surface area contributed by atoms with Crippen molar-refractivity contribution in [2.45, 2.75) is 69.9 Å². The molecule has 1 N–H and O–H groups in total. The number of hydrogen-bond acceptors (Lipinski definition) is 7. The van der Waals surface area contributed by atoms with E-state index in [1.807, 2.05) is 103 Å². The smallest absolute Gasteiger partial charge is 0.321 e. The van der Waals surface area contributed by atoms with Crippen LogP contribution in [0.5, 0.6) is 11.5 Å². The van der Waals surface area contributed by atoms with Crippen LogP contribution in [0.25, 0.3) is 0 Å². The largest absolute Gasteiger partial charge is 0.497 e. The van der Waals surface area contributed by atoms with Crippen molar-refractivity contribution < 1.29 is 28.5 Å². The van der Waals surface area contributed by atoms with Crippen LogP contribution in [-0.4, -0.2) is 71.0 Å². The standard InChI is InChI=1S/C44H46N4O6/c1-44(2)53-40-37(25-30-14-7-5-8-15-30)47(28-32-18-13-19-34(22-32)42(49)46-39-20-11-12-21-45-39)43(50)48(29-33-23-35(51-3)27-36(24-33)52-4)38(41(40)54-44)26-31-16-9-6-10-17-31/h5-24,27,37-38,40-41H,25-26,28-29H2,1-4H3,(H,45,46,49)/t37-,38-,40+,41+/m1/s1. The van der Waals surface area contributed by atoms with Gasteiger partial charge in [-0.2, -0.15) is 0 Å². The molecule has 0 aliphatic carbocycles. The summed E-state index contributed by atoms with van der Waals surface area (Å²) < 4.78 is 25.0. The van der Waals surface area contributed by atoms with Gasteiger partial charge in [-0.15, -0.1) is 0 Å². The molecule has 1 aromatic heterocycles. The van der Waals surface area contributed by atoms with Gasteiger partial charge in [-0.3, -0.25) is 4.79 Å². The fraction of sp³-hybridized carbons (Fsp3) is 0.295. The number of methoxy groups -OCH3 is 2. The lowest BCUT2D eigenvalue weighted by Crippen LogP contribution is -2.51. The van der Waals surface area contributed by atoms with Crippen molar-refractivity contribution in [2.75, 3.05) is 19.5 Å². The first-order valence-electron chi connectivity index (χ1n) is 18.2. The first-order chi connectivity index (χ1) is 26.2. The van der Waals surface area contributed by atoms with Crippen molar-refractivity contribution in [1.29, 1.82) is 0 Å². The molecule has 0 saturated carbocycles. The molecule has 278 valence electrons. The maximum Gasteiger partial charge on any atom is 0.321 e. The molecule has 2 fully saturated rings. The highest BCUT2D eigenvalue weighted by Gasteiger charge is 2.55. The maximum atomic E-state index is 15.5. The number of fused-ring (bicyclic) bond motifs is 1. The van der Waals surface area contributed by atoms with Gasteiger partial charge in [0, 0.05) is 30.9 Å². The molecule has 3 heterocycles. The number of rotatable bonds is 12. The topological polar surface area (TPSA) is 102 Å². The van der Waals surface area contributed by atoms with Gasteiger partial charge in [0.2, 0.25) is 0 Å². The number of ether oxygens (including phenoxy) is 4. The zero-order valence-corrected chi connectivity index (χ0v) is 31.1. The molecule has 10 nitrogen and oxygen atoms in total. The van der Waals surface area contributed by atoms with Crippen LogP contribution in [-0.2, 0) is 35.4 Å². The second-order valence-corrected chi connectivity index (χ2v) is 14.2. The minimum absolute atomic E-state index is 0.165. The highest BCUT2D eigenvalue weighted by atomic mass is 16.8. The van der Waals surface area contributed by atoms with Gasteiger partial charge < -0.3 is 34.1 Å². The third-order valence-corrected chi connectivity index (χ3v) is 10.0. The zero-order valence-electron chi connectivity index (χ0n) is 31.1. The monoisotopic (exact) mass is 726 g/mol. The Morgan fingerprint density at radius 3 is 1.76 bits per heavy atom. The van der Waals surface area contributed by atoms with E-state index in [0.717, 1.165) is 22.3 Å². The first kappa shape index (κ1) is 36.6. The van der Waals surface area contributed by atoms with Crippen LogP contribution in [0.15, 0.2) is 128 Å². The van der Waals surface area contributed by atoms with Crippen LogP contribution in [0, 0.1) is 0 Å². The Labute approximate surface area is 316 Å². The average Bonchev–Trinajstić information content (AvgIpc) is 3.49. The van der Waals surface area contributed by atoms with E-state index in [0.29, 0.717) is 35.7 Å². The Balaban J connectivity index is 1.33. The van der Waals surface area contributed by atoms with Crippen molar-refractivity contribution in [1.82, 2.24) is 14.8 Å². The number of hydrogen-bond donors (Lipinski definition) is 1. The lowest BCUT2D eigenvalue weighted by atomic mass is 9.91. The Morgan fingerprint density at radius 1 is 0.685 bits per heavy atom. The molecule has 2 aliphatic heterocycles. The number of urea groups is 1. The number of nitrogens with zero attached hydrogens (tertiary/aromatic N) is 3. The number of benzene rings is 4. The lowest BCUT2D eigenvalue weighted by Gasteiger charge is -2.37. The van der Waals surface area contributed by atoms with E-state index in [2.05, 4.69) is 34.6 Å². The number of nitrogens with one attached hydrogen (secondary N) is 1. The molecular formula is C44H46N4O6. The second-order valence-electron chi connectivity index (χ2n) is 14.2. The maximum absolute atomic E-state index is 15.5. The highest BCUT2D eigenvalue weighted by molar-refractivity contribution is 6.03. The average molecular weight is 727 g/mol. The van der Waals surface area contributed by atoms with Crippen molar-refractivity contribution in [3.8, 4) is 11.5 Å². The molecule has 0 bridgehead atoms. The minimum atomic E-state index is -0.903. The quantitative estimate of drug-likeness (QED) is 0.142. The summed E-state index contributed by atoms with van der Waals surface area (Å²) >= 11 is 0. The molecule has 10 heteroatoms. The molecule has 54 heavy (non-hydrogen) atoms. The predicted octanol–water partition coefficient (Wildman–Crippen LogP) is 7.53. The third-order valence-electron chi connectivity index (χ3n) is 10.0. The predicted molar refractivity (Wildman–Crippen MR) is 206 cm³/mol. The fourth-order valence-corrected chi connectivity index (χ4v) is 7.54. The van der Waals surface area contributed by atoms with E-state index >= 15 is 4.79 Å². The Kier molecular flexibility index (Phi) is 10.9. The summed E-state index contributed by atoms with van der Waals surface area (Å²) in [4.78, 5) is 37.0. The first-order valence-corrected chi connectivity index (χ1v) is 18.2. The van der Waals surface area contributed by atoms with Crippen molar-refractivity contribution in [2.24, 2.45) is 0 Å². The SMILES string of the molecule is COc1cc(CN2C(=O)N(Cc3cccc(C(=O)Nc4ccccn4)c3)[C@H](Cc3ccccc3)[C@@H]3OC(C)(C)O[C@H]3[C@H]2Cc2ccccc2)cc(OC)c1. The minimum Gasteiger partial charge on any atom is -0.497 e. The number of pyridine rings is 1. The normalized spacial score (nSPS) is 20.6. The van der Waals surface area contributed by atoms with E-state index in [1.165, 1.54) is 0 Å². The number of carbonyl (C=O) groups is 2. The zero-order chi connectivity index (χ0) is 37.7. The summed E-state index contributed by atoms with van der Waals surface area (Å²) in [7, 11) is 3.23. The van der Waals surface area contributed by atoms with Crippen LogP contribution in [0.4, 0.5) is 10.6 Å². The summed E-state index contributed by atoms with van der Waals surface area (Å²) in [5, 5.41) is 2.87. The van der Waals surface area contributed by atoms with Crippen LogP contribution < -0.4 is 14.8 Å². The lowest BCUT2D eigenvalue weighted by molar-refractivity contribution is -0.157. The molecule has 5 aromatic rings. The van der Waals surface area contributed by atoms with Gasteiger partial charge in [0.25, 0.3) is 5.91 Å². The number of carbonyl (C=O) groups excluding carboxylic acids is 2. The summed E-state index contributed by atoms with van der Waals surface area (Å²) in [6.45, 7) is 4.36. The second kappa shape index (κ2) is 16.1. The highest BCUT2D eigenvalue weighted by Crippen LogP contribution is 2.41. The van der Waals surface area contributed by atoms with Gasteiger partial charge in [-0.25, -0.2) is 9.78 Å². The molecule has 2 saturated heterocycles. The third kappa shape index (κ3) is 8.40. The van der Waals surface area contributed by atoms with E-state index in [-0.39, 0.29) is 25.0 Å². The van der Waals surface area contributed by atoms with Crippen LogP contribution in [0.2, 0.25) is 0 Å². The van der Waals surface area contributed by atoms with Crippen molar-refractivity contribution >= 4 is 17.8 Å². The summed E-state index contributed by atoms with van der Waals surface area (Å²) in [5.41, 5.74) is 4.26. The molecule has 2 aliphatic rings. The van der Waals surface area contributed by atoms with Crippen LogP contribution in [0.3, 0.4) is 0 Å². The van der Waals surface area contributed by atoms with Gasteiger partial charge >= 0.3 is 6.03 Å². The van der Waals surface area contributed by atoms with Gasteiger partial charge in [0.15, 0.2) is 5.79 Å². The van der Waals surface area contributed by atoms with Gasteiger partial charge in [-0.05, 0) is 85.3 Å². The van der Waals surface area contributed by atoms with E-state index in [9.17, 15) is 4.79 Å². The van der Waals surface area contributed by atoms with E-state index in [1.54, 1.807) is 38.6 Å². The molecule has 4 aromatic carbocycles. The number of aromatic nitrogens is 1. The van der Waals surface area contributed by atoms with Gasteiger partial charge in [-0.1, -0.05) is 78.9 Å². The fourth-order valence-electron chi connectivity index (χ4n) is 7.54. The van der Waals surface area contributed by atoms with Crippen molar-refractivity contribution in [3.63, 3.8) is 0 Å². The molecule has 0 radical (unpaired) electrons. The van der Waals surface area contributed by atoms with E-state index in [4.69, 9.17) is 18.9 Å². The van der Waals surface area contributed by atoms with E-state index < -0.39 is 30.1 Å². The molecule has 0 spiro atoms. The Bertz CT molecular complexity index is 2020. The van der Waals surface area contributed by atoms with Gasteiger partial charge in [0.05, 0.1) is 26.3 Å². The molecule has 0 unspecified atom stereocenters. The summed E-state index contributed by atoms with van der Waals surface area (Å²) in [6, 6.07) is 37.8. The van der Waals surface area contributed by atoms with Crippen LogP contribution >= 0.6 is 0 Å². The van der Waals surface area contributed by atoms with Crippen LogP contribution in [0.1, 0.15) is 46.5 Å². The molecule has 7 rings (SSSR count). The molecule has 3 amide bonds. The molecule has 4 atom stereocenters. The van der Waals surface area contributed by atoms with Gasteiger partial charge in [0.1, 0.15) is 29.5 Å².